The lowest BCUT2D eigenvalue weighted by Crippen LogP contribution is -2.24. The molecule has 0 radical (unpaired) electrons. The van der Waals surface area contributed by atoms with E-state index in [1.165, 1.54) is 11.1 Å². The zero-order valence-corrected chi connectivity index (χ0v) is 12.5. The lowest BCUT2D eigenvalue weighted by molar-refractivity contribution is 0.702. The molecule has 21 heavy (non-hydrogen) atoms. The molecule has 1 aliphatic rings. The highest BCUT2D eigenvalue weighted by atomic mass is 15.2. The molecular formula is C17H22N4. The fourth-order valence-electron chi connectivity index (χ4n) is 2.75. The number of rotatable bonds is 4. The molecule has 0 aliphatic carbocycles. The van der Waals surface area contributed by atoms with Gasteiger partial charge < -0.3 is 10.2 Å². The summed E-state index contributed by atoms with van der Waals surface area (Å²) in [5.41, 5.74) is 3.88. The van der Waals surface area contributed by atoms with Crippen molar-refractivity contribution < 1.29 is 0 Å². The molecule has 3 rings (SSSR count). The van der Waals surface area contributed by atoms with Crippen molar-refractivity contribution >= 4 is 5.82 Å². The Labute approximate surface area is 126 Å². The number of hydrogen-bond donors (Lipinski definition) is 1. The average Bonchev–Trinajstić information content (AvgIpc) is 2.75. The molecule has 0 atom stereocenters. The summed E-state index contributed by atoms with van der Waals surface area (Å²) in [5, 5.41) is 3.27. The third-order valence-electron chi connectivity index (χ3n) is 3.93. The SMILES string of the molecule is CCNCc1cnc(N2CCCc3ccccc3C2)cn1. The molecule has 0 amide bonds. The van der Waals surface area contributed by atoms with Gasteiger partial charge in [0.2, 0.25) is 0 Å². The summed E-state index contributed by atoms with van der Waals surface area (Å²) in [7, 11) is 0. The van der Waals surface area contributed by atoms with Crippen LogP contribution in [0.1, 0.15) is 30.2 Å². The predicted octanol–water partition coefficient (Wildman–Crippen LogP) is 2.54. The molecule has 4 heteroatoms. The Balaban J connectivity index is 1.74. The summed E-state index contributed by atoms with van der Waals surface area (Å²) < 4.78 is 0. The van der Waals surface area contributed by atoms with Crippen LogP contribution in [0.25, 0.3) is 0 Å². The Morgan fingerprint density at radius 1 is 1.14 bits per heavy atom. The lowest BCUT2D eigenvalue weighted by atomic mass is 10.0. The molecular weight excluding hydrogens is 260 g/mol. The van der Waals surface area contributed by atoms with E-state index in [9.17, 15) is 0 Å². The van der Waals surface area contributed by atoms with Crippen molar-refractivity contribution in [3.05, 3.63) is 53.5 Å². The van der Waals surface area contributed by atoms with Crippen LogP contribution in [0.5, 0.6) is 0 Å². The van der Waals surface area contributed by atoms with Crippen molar-refractivity contribution in [1.82, 2.24) is 15.3 Å². The molecule has 0 saturated heterocycles. The van der Waals surface area contributed by atoms with Crippen molar-refractivity contribution in [2.75, 3.05) is 18.0 Å². The Morgan fingerprint density at radius 2 is 2.00 bits per heavy atom. The minimum absolute atomic E-state index is 0.784. The second-order valence-electron chi connectivity index (χ2n) is 5.44. The number of benzene rings is 1. The van der Waals surface area contributed by atoms with Gasteiger partial charge in [-0.15, -0.1) is 0 Å². The van der Waals surface area contributed by atoms with Gasteiger partial charge in [0.25, 0.3) is 0 Å². The highest BCUT2D eigenvalue weighted by molar-refractivity contribution is 5.40. The summed E-state index contributed by atoms with van der Waals surface area (Å²) in [6.07, 6.45) is 6.10. The molecule has 2 aromatic rings. The number of nitrogens with one attached hydrogen (secondary N) is 1. The molecule has 110 valence electrons. The topological polar surface area (TPSA) is 41.1 Å². The van der Waals surface area contributed by atoms with Gasteiger partial charge in [-0.2, -0.15) is 0 Å². The number of fused-ring (bicyclic) bond motifs is 1. The summed E-state index contributed by atoms with van der Waals surface area (Å²) in [6, 6.07) is 8.71. The van der Waals surface area contributed by atoms with Crippen molar-refractivity contribution in [2.45, 2.75) is 32.9 Å². The highest BCUT2D eigenvalue weighted by Crippen LogP contribution is 2.21. The van der Waals surface area contributed by atoms with Gasteiger partial charge in [-0.3, -0.25) is 4.98 Å². The molecule has 0 unspecified atom stereocenters. The lowest BCUT2D eigenvalue weighted by Gasteiger charge is -2.21. The maximum absolute atomic E-state index is 4.59. The van der Waals surface area contributed by atoms with Gasteiger partial charge in [0.1, 0.15) is 5.82 Å². The summed E-state index contributed by atoms with van der Waals surface area (Å²) in [4.78, 5) is 11.4. The fraction of sp³-hybridized carbons (Fsp3) is 0.412. The van der Waals surface area contributed by atoms with Crippen LogP contribution < -0.4 is 10.2 Å². The molecule has 4 nitrogen and oxygen atoms in total. The van der Waals surface area contributed by atoms with E-state index in [0.717, 1.165) is 50.5 Å². The Hall–Kier alpha value is -1.94. The van der Waals surface area contributed by atoms with Gasteiger partial charge in [-0.05, 0) is 30.5 Å². The van der Waals surface area contributed by atoms with Gasteiger partial charge in [0.05, 0.1) is 18.1 Å². The van der Waals surface area contributed by atoms with E-state index >= 15 is 0 Å². The predicted molar refractivity (Wildman–Crippen MR) is 85.2 cm³/mol. The zero-order valence-electron chi connectivity index (χ0n) is 12.5. The largest absolute Gasteiger partial charge is 0.351 e. The summed E-state index contributed by atoms with van der Waals surface area (Å²) >= 11 is 0. The van der Waals surface area contributed by atoms with Crippen LogP contribution in [0.2, 0.25) is 0 Å². The molecule has 0 spiro atoms. The van der Waals surface area contributed by atoms with E-state index < -0.39 is 0 Å². The molecule has 1 aromatic carbocycles. The highest BCUT2D eigenvalue weighted by Gasteiger charge is 2.15. The number of aromatic nitrogens is 2. The first kappa shape index (κ1) is 14.0. The van der Waals surface area contributed by atoms with Crippen LogP contribution in [0.3, 0.4) is 0 Å². The van der Waals surface area contributed by atoms with Crippen molar-refractivity contribution in [1.29, 1.82) is 0 Å². The number of aryl methyl sites for hydroxylation is 1. The minimum atomic E-state index is 0.784. The van der Waals surface area contributed by atoms with Crippen LogP contribution in [0, 0.1) is 0 Å². The number of anilines is 1. The second-order valence-corrected chi connectivity index (χ2v) is 5.44. The standard InChI is InChI=1S/C17H22N4/c1-2-18-10-16-11-20-17(12-19-16)21-9-5-8-14-6-3-4-7-15(14)13-21/h3-4,6-7,11-12,18H,2,5,8-10,13H2,1H3. The second kappa shape index (κ2) is 6.68. The summed E-state index contributed by atoms with van der Waals surface area (Å²) in [5.74, 6) is 0.979. The Kier molecular flexibility index (Phi) is 4.46. The van der Waals surface area contributed by atoms with Crippen LogP contribution >= 0.6 is 0 Å². The van der Waals surface area contributed by atoms with Crippen molar-refractivity contribution in [3.8, 4) is 0 Å². The third-order valence-corrected chi connectivity index (χ3v) is 3.93. The quantitative estimate of drug-likeness (QED) is 0.935. The Morgan fingerprint density at radius 3 is 2.76 bits per heavy atom. The van der Waals surface area contributed by atoms with Crippen LogP contribution in [-0.4, -0.2) is 23.1 Å². The minimum Gasteiger partial charge on any atom is -0.351 e. The summed E-state index contributed by atoms with van der Waals surface area (Å²) in [6.45, 7) is 5.79. The van der Waals surface area contributed by atoms with Gasteiger partial charge >= 0.3 is 0 Å². The van der Waals surface area contributed by atoms with E-state index in [2.05, 4.69) is 51.4 Å². The molecule has 0 saturated carbocycles. The van der Waals surface area contributed by atoms with E-state index in [1.807, 2.05) is 12.4 Å². The van der Waals surface area contributed by atoms with Gasteiger partial charge in [0.15, 0.2) is 0 Å². The van der Waals surface area contributed by atoms with Crippen LogP contribution in [-0.2, 0) is 19.5 Å². The smallest absolute Gasteiger partial charge is 0.147 e. The van der Waals surface area contributed by atoms with Crippen molar-refractivity contribution in [3.63, 3.8) is 0 Å². The Bertz CT molecular complexity index is 580. The third kappa shape index (κ3) is 3.39. The normalized spacial score (nSPS) is 14.6. The molecule has 0 fully saturated rings. The van der Waals surface area contributed by atoms with Gasteiger partial charge in [0, 0.05) is 19.6 Å². The number of nitrogens with zero attached hydrogens (tertiary/aromatic N) is 3. The van der Waals surface area contributed by atoms with E-state index in [4.69, 9.17) is 0 Å². The van der Waals surface area contributed by atoms with E-state index in [1.54, 1.807) is 0 Å². The molecule has 2 heterocycles. The molecule has 1 aliphatic heterocycles. The first-order chi connectivity index (χ1) is 10.4. The maximum Gasteiger partial charge on any atom is 0.147 e. The van der Waals surface area contributed by atoms with E-state index in [-0.39, 0.29) is 0 Å². The molecule has 1 N–H and O–H groups in total. The average molecular weight is 282 g/mol. The van der Waals surface area contributed by atoms with E-state index in [0.29, 0.717) is 0 Å². The zero-order chi connectivity index (χ0) is 14.5. The maximum atomic E-state index is 4.59. The number of hydrogen-bond acceptors (Lipinski definition) is 4. The first-order valence-corrected chi connectivity index (χ1v) is 7.70. The van der Waals surface area contributed by atoms with Crippen LogP contribution in [0.15, 0.2) is 36.7 Å². The monoisotopic (exact) mass is 282 g/mol. The molecule has 1 aromatic heterocycles. The van der Waals surface area contributed by atoms with Crippen LogP contribution in [0.4, 0.5) is 5.82 Å². The van der Waals surface area contributed by atoms with Gasteiger partial charge in [-0.25, -0.2) is 4.98 Å². The first-order valence-electron chi connectivity index (χ1n) is 7.70. The van der Waals surface area contributed by atoms with Gasteiger partial charge in [-0.1, -0.05) is 31.2 Å². The fourth-order valence-corrected chi connectivity index (χ4v) is 2.75. The van der Waals surface area contributed by atoms with Crippen molar-refractivity contribution in [2.24, 2.45) is 0 Å². The molecule has 0 bridgehead atoms.